The summed E-state index contributed by atoms with van der Waals surface area (Å²) in [4.78, 5) is 29.7. The summed E-state index contributed by atoms with van der Waals surface area (Å²) in [6.45, 7) is 3.76. The first-order valence-electron chi connectivity index (χ1n) is 8.27. The number of carbonyl (C=O) groups excluding carboxylic acids is 1. The van der Waals surface area contributed by atoms with E-state index in [9.17, 15) is 27.2 Å². The normalized spacial score (nSPS) is 11.8. The summed E-state index contributed by atoms with van der Waals surface area (Å²) >= 11 is 1.08. The van der Waals surface area contributed by atoms with Crippen LogP contribution in [0.2, 0.25) is 0 Å². The van der Waals surface area contributed by atoms with Crippen molar-refractivity contribution in [2.45, 2.75) is 26.4 Å². The van der Waals surface area contributed by atoms with E-state index in [0.717, 1.165) is 33.9 Å². The molecular weight excluding hydrogens is 398 g/mol. The van der Waals surface area contributed by atoms with E-state index in [1.165, 1.54) is 0 Å². The molecule has 28 heavy (non-hydrogen) atoms. The highest BCUT2D eigenvalue weighted by Crippen LogP contribution is 2.33. The van der Waals surface area contributed by atoms with Crippen LogP contribution >= 0.6 is 11.3 Å². The Kier molecular flexibility index (Phi) is 5.24. The molecule has 0 atom stereocenters. The molecule has 2 aromatic heterocycles. The van der Waals surface area contributed by atoms with E-state index in [2.05, 4.69) is 10.3 Å². The molecule has 2 heterocycles. The smallest absolute Gasteiger partial charge is 0.351 e. The van der Waals surface area contributed by atoms with Gasteiger partial charge >= 0.3 is 6.18 Å². The molecule has 1 N–H and O–H groups in total. The fourth-order valence-corrected chi connectivity index (χ4v) is 3.89. The topological polar surface area (TPSA) is 63.5 Å². The Morgan fingerprint density at radius 1 is 1.29 bits per heavy atom. The Labute approximate surface area is 160 Å². The number of benzene rings is 1. The molecule has 1 amide bonds. The molecule has 3 rings (SSSR count). The van der Waals surface area contributed by atoms with E-state index in [4.69, 9.17) is 0 Å². The lowest BCUT2D eigenvalue weighted by molar-refractivity contribution is -0.138. The molecule has 0 unspecified atom stereocenters. The van der Waals surface area contributed by atoms with Crippen LogP contribution in [-0.2, 0) is 12.6 Å². The van der Waals surface area contributed by atoms with Gasteiger partial charge in [0.15, 0.2) is 4.96 Å². The van der Waals surface area contributed by atoms with Crippen LogP contribution in [0.4, 0.5) is 17.6 Å². The minimum absolute atomic E-state index is 0.0600. The zero-order valence-corrected chi connectivity index (χ0v) is 15.7. The van der Waals surface area contributed by atoms with Gasteiger partial charge in [0.2, 0.25) is 0 Å². The minimum Gasteiger partial charge on any atom is -0.351 e. The summed E-state index contributed by atoms with van der Waals surface area (Å²) in [6, 6.07) is 3.25. The summed E-state index contributed by atoms with van der Waals surface area (Å²) in [7, 11) is 0. The molecule has 148 valence electrons. The molecule has 0 aliphatic heterocycles. The molecule has 0 saturated heterocycles. The maximum absolute atomic E-state index is 13.5. The predicted molar refractivity (Wildman–Crippen MR) is 96.3 cm³/mol. The summed E-state index contributed by atoms with van der Waals surface area (Å²) in [5.41, 5.74) is -1.68. The van der Waals surface area contributed by atoms with Crippen LogP contribution in [-0.4, -0.2) is 21.8 Å². The van der Waals surface area contributed by atoms with Crippen molar-refractivity contribution in [3.63, 3.8) is 0 Å². The van der Waals surface area contributed by atoms with Crippen LogP contribution in [0.25, 0.3) is 4.96 Å². The Morgan fingerprint density at radius 3 is 2.64 bits per heavy atom. The van der Waals surface area contributed by atoms with Crippen LogP contribution in [0.15, 0.2) is 29.1 Å². The van der Waals surface area contributed by atoms with Gasteiger partial charge in [0, 0.05) is 23.9 Å². The number of amides is 1. The average molecular weight is 413 g/mol. The van der Waals surface area contributed by atoms with Crippen molar-refractivity contribution >= 4 is 22.2 Å². The number of alkyl halides is 3. The molecule has 10 heteroatoms. The molecule has 0 aliphatic rings. The third kappa shape index (κ3) is 3.77. The van der Waals surface area contributed by atoms with Gasteiger partial charge in [0.05, 0.1) is 11.3 Å². The third-order valence-corrected chi connectivity index (χ3v) is 5.00. The van der Waals surface area contributed by atoms with Gasteiger partial charge in [0.1, 0.15) is 11.5 Å². The molecular formula is C18H15F4N3O2S. The van der Waals surface area contributed by atoms with Crippen molar-refractivity contribution in [1.82, 2.24) is 14.7 Å². The molecule has 0 aliphatic carbocycles. The van der Waals surface area contributed by atoms with Gasteiger partial charge < -0.3 is 5.32 Å². The fourth-order valence-electron chi connectivity index (χ4n) is 2.90. The molecule has 5 nitrogen and oxygen atoms in total. The van der Waals surface area contributed by atoms with Gasteiger partial charge in [-0.2, -0.15) is 13.2 Å². The zero-order chi connectivity index (χ0) is 20.6. The van der Waals surface area contributed by atoms with E-state index in [1.807, 2.05) is 0 Å². The number of nitrogens with one attached hydrogen (secondary N) is 1. The highest BCUT2D eigenvalue weighted by Gasteiger charge is 2.33. The summed E-state index contributed by atoms with van der Waals surface area (Å²) in [5.74, 6) is -1.25. The predicted octanol–water partition coefficient (Wildman–Crippen LogP) is 3.56. The molecule has 0 radical (unpaired) electrons. The Hall–Kier alpha value is -2.75. The summed E-state index contributed by atoms with van der Waals surface area (Å²) in [6.07, 6.45) is -5.03. The Morgan fingerprint density at radius 2 is 2.00 bits per heavy atom. The number of halogens is 4. The number of aromatic nitrogens is 2. The van der Waals surface area contributed by atoms with E-state index in [0.29, 0.717) is 17.5 Å². The number of aryl methyl sites for hydroxylation is 1. The third-order valence-electron chi connectivity index (χ3n) is 4.04. The van der Waals surface area contributed by atoms with Gasteiger partial charge in [0.25, 0.3) is 11.5 Å². The summed E-state index contributed by atoms with van der Waals surface area (Å²) < 4.78 is 54.2. The van der Waals surface area contributed by atoms with Crippen LogP contribution in [0, 0.1) is 12.7 Å². The first-order valence-corrected chi connectivity index (χ1v) is 9.09. The highest BCUT2D eigenvalue weighted by molar-refractivity contribution is 7.17. The number of rotatable bonds is 4. The van der Waals surface area contributed by atoms with Crippen LogP contribution in [0.5, 0.6) is 0 Å². The molecule has 0 fully saturated rings. The number of nitrogens with zero attached hydrogens (tertiary/aromatic N) is 2. The van der Waals surface area contributed by atoms with Crippen molar-refractivity contribution < 1.29 is 22.4 Å². The fraction of sp³-hybridized carbons (Fsp3) is 0.278. The van der Waals surface area contributed by atoms with Crippen molar-refractivity contribution in [2.75, 3.05) is 6.54 Å². The van der Waals surface area contributed by atoms with Gasteiger partial charge in [-0.1, -0.05) is 0 Å². The van der Waals surface area contributed by atoms with Gasteiger partial charge in [-0.25, -0.2) is 13.8 Å². The first kappa shape index (κ1) is 20.0. The van der Waals surface area contributed by atoms with Crippen molar-refractivity contribution in [1.29, 1.82) is 0 Å². The Balaban J connectivity index is 2.09. The largest absolute Gasteiger partial charge is 0.416 e. The summed E-state index contributed by atoms with van der Waals surface area (Å²) in [5, 5.41) is 2.61. The van der Waals surface area contributed by atoms with Gasteiger partial charge in [-0.15, -0.1) is 11.3 Å². The number of carbonyl (C=O) groups is 1. The lowest BCUT2D eigenvalue weighted by atomic mass is 10.0. The van der Waals surface area contributed by atoms with Crippen molar-refractivity contribution in [3.8, 4) is 0 Å². The van der Waals surface area contributed by atoms with E-state index < -0.39 is 29.0 Å². The zero-order valence-electron chi connectivity index (χ0n) is 14.9. The van der Waals surface area contributed by atoms with E-state index in [-0.39, 0.29) is 28.3 Å². The second-order valence-corrected chi connectivity index (χ2v) is 7.23. The molecule has 0 bridgehead atoms. The SMILES string of the molecule is CCNC(=O)c1c(C)sc2nc(Cc3cc(F)ccc3C(F)(F)F)cc(=O)n12. The molecule has 0 saturated carbocycles. The lowest BCUT2D eigenvalue weighted by Crippen LogP contribution is -2.28. The standard InChI is InChI=1S/C18H15F4N3O2S/c1-3-23-16(27)15-9(2)28-17-24-12(8-14(26)25(15)17)7-10-6-11(19)4-5-13(10)18(20,21)22/h4-6,8H,3,7H2,1-2H3,(H,23,27). The number of fused-ring (bicyclic) bond motifs is 1. The van der Waals surface area contributed by atoms with Crippen LogP contribution in [0.1, 0.15) is 39.1 Å². The molecule has 1 aromatic carbocycles. The molecule has 3 aromatic rings. The highest BCUT2D eigenvalue weighted by atomic mass is 32.1. The van der Waals surface area contributed by atoms with Crippen molar-refractivity contribution in [2.24, 2.45) is 0 Å². The average Bonchev–Trinajstić information content (AvgIpc) is 2.90. The second kappa shape index (κ2) is 7.34. The monoisotopic (exact) mass is 413 g/mol. The second-order valence-electron chi connectivity index (χ2n) is 6.05. The van der Waals surface area contributed by atoms with Crippen LogP contribution < -0.4 is 10.9 Å². The first-order chi connectivity index (χ1) is 13.1. The molecule has 0 spiro atoms. The van der Waals surface area contributed by atoms with Crippen molar-refractivity contribution in [3.05, 3.63) is 67.8 Å². The van der Waals surface area contributed by atoms with Gasteiger partial charge in [-0.05, 0) is 37.6 Å². The maximum atomic E-state index is 13.5. The lowest BCUT2D eigenvalue weighted by Gasteiger charge is -2.12. The Bertz CT molecular complexity index is 1120. The van der Waals surface area contributed by atoms with E-state index >= 15 is 0 Å². The number of thiazole rings is 1. The minimum atomic E-state index is -4.66. The maximum Gasteiger partial charge on any atom is 0.416 e. The number of hydrogen-bond acceptors (Lipinski definition) is 4. The quantitative estimate of drug-likeness (QED) is 0.666. The van der Waals surface area contributed by atoms with E-state index in [1.54, 1.807) is 13.8 Å². The van der Waals surface area contributed by atoms with Gasteiger partial charge in [-0.3, -0.25) is 9.59 Å². The number of hydrogen-bond donors (Lipinski definition) is 1. The van der Waals surface area contributed by atoms with Crippen LogP contribution in [0.3, 0.4) is 0 Å².